The van der Waals surface area contributed by atoms with Gasteiger partial charge in [-0.1, -0.05) is 53.8 Å². The van der Waals surface area contributed by atoms with Gasteiger partial charge in [-0.3, -0.25) is 0 Å². The summed E-state index contributed by atoms with van der Waals surface area (Å²) in [4.78, 5) is 4.52. The third kappa shape index (κ3) is 2.35. The van der Waals surface area contributed by atoms with E-state index in [1.54, 1.807) is 6.07 Å². The zero-order chi connectivity index (χ0) is 13.2. The Hall–Kier alpha value is -2.20. The zero-order valence-electron chi connectivity index (χ0n) is 10.0. The normalized spacial score (nSPS) is 10.6. The van der Waals surface area contributed by atoms with Crippen molar-refractivity contribution in [3.63, 3.8) is 0 Å². The quantitative estimate of drug-likeness (QED) is 0.758. The molecule has 1 heterocycles. The molecule has 0 aliphatic carbocycles. The van der Waals surface area contributed by atoms with Gasteiger partial charge in [0.1, 0.15) is 21.5 Å². The lowest BCUT2D eigenvalue weighted by Gasteiger charge is -1.98. The molecule has 4 heteroatoms. The number of hydrogen-bond donors (Lipinski definition) is 1. The summed E-state index contributed by atoms with van der Waals surface area (Å²) in [5.41, 5.74) is 8.36. The molecule has 0 saturated carbocycles. The average molecular weight is 270 g/mol. The van der Waals surface area contributed by atoms with Crippen LogP contribution in [0.25, 0.3) is 21.8 Å². The summed E-state index contributed by atoms with van der Waals surface area (Å²) in [6, 6.07) is 16.1. The van der Waals surface area contributed by atoms with Crippen molar-refractivity contribution >= 4 is 16.3 Å². The Morgan fingerprint density at radius 2 is 1.68 bits per heavy atom. The van der Waals surface area contributed by atoms with E-state index >= 15 is 0 Å². The summed E-state index contributed by atoms with van der Waals surface area (Å²) in [5, 5.41) is 1.45. The smallest absolute Gasteiger partial charge is 0.126 e. The van der Waals surface area contributed by atoms with Gasteiger partial charge in [0.05, 0.1) is 0 Å². The Balaban J connectivity index is 2.08. The molecule has 0 aliphatic rings. The Bertz CT molecular complexity index is 707. The highest BCUT2D eigenvalue weighted by Gasteiger charge is 2.12. The van der Waals surface area contributed by atoms with Gasteiger partial charge in [0.2, 0.25) is 0 Å². The number of nitrogen functional groups attached to an aromatic ring is 1. The number of halogens is 1. The first-order valence-corrected chi connectivity index (χ1v) is 6.63. The van der Waals surface area contributed by atoms with E-state index in [0.29, 0.717) is 16.3 Å². The number of benzene rings is 2. The Kier molecular flexibility index (Phi) is 3.01. The van der Waals surface area contributed by atoms with Crippen molar-refractivity contribution in [2.75, 3.05) is 5.73 Å². The van der Waals surface area contributed by atoms with Crippen molar-refractivity contribution in [1.29, 1.82) is 0 Å². The van der Waals surface area contributed by atoms with Gasteiger partial charge in [-0.25, -0.2) is 9.37 Å². The highest BCUT2D eigenvalue weighted by atomic mass is 32.1. The van der Waals surface area contributed by atoms with Crippen LogP contribution < -0.4 is 5.73 Å². The fraction of sp³-hybridized carbons (Fsp3) is 0. The predicted molar refractivity (Wildman–Crippen MR) is 77.4 cm³/mol. The lowest BCUT2D eigenvalue weighted by molar-refractivity contribution is 0.628. The van der Waals surface area contributed by atoms with Gasteiger partial charge in [-0.15, -0.1) is 0 Å². The summed E-state index contributed by atoms with van der Waals surface area (Å²) in [6.45, 7) is 0. The van der Waals surface area contributed by atoms with Crippen molar-refractivity contribution in [2.45, 2.75) is 0 Å². The first-order valence-electron chi connectivity index (χ1n) is 5.82. The van der Waals surface area contributed by atoms with E-state index in [4.69, 9.17) is 5.73 Å². The molecule has 0 atom stereocenters. The molecule has 3 aromatic rings. The molecule has 1 aromatic heterocycles. The second-order valence-electron chi connectivity index (χ2n) is 4.11. The standard InChI is InChI=1S/C15H11FN2S/c16-12-8-4-7-11(9-12)13-14(17)19-15(18-13)10-5-2-1-3-6-10/h1-9H,17H2. The number of nitrogens with two attached hydrogens (primary N) is 1. The van der Waals surface area contributed by atoms with Crippen LogP contribution in [0.5, 0.6) is 0 Å². The third-order valence-corrected chi connectivity index (χ3v) is 3.71. The highest BCUT2D eigenvalue weighted by molar-refractivity contribution is 7.19. The highest BCUT2D eigenvalue weighted by Crippen LogP contribution is 2.35. The van der Waals surface area contributed by atoms with Crippen molar-refractivity contribution in [2.24, 2.45) is 0 Å². The Morgan fingerprint density at radius 3 is 2.42 bits per heavy atom. The molecule has 2 aromatic carbocycles. The minimum atomic E-state index is -0.286. The number of rotatable bonds is 2. The number of thiazole rings is 1. The maximum absolute atomic E-state index is 13.2. The summed E-state index contributed by atoms with van der Waals surface area (Å²) in [5.74, 6) is -0.286. The molecule has 2 nitrogen and oxygen atoms in total. The Labute approximate surface area is 114 Å². The van der Waals surface area contributed by atoms with Gasteiger partial charge >= 0.3 is 0 Å². The second-order valence-corrected chi connectivity index (χ2v) is 5.14. The molecular formula is C15H11FN2S. The van der Waals surface area contributed by atoms with E-state index in [0.717, 1.165) is 10.6 Å². The van der Waals surface area contributed by atoms with Crippen molar-refractivity contribution in [3.8, 4) is 21.8 Å². The molecule has 0 bridgehead atoms. The van der Waals surface area contributed by atoms with E-state index < -0.39 is 0 Å². The zero-order valence-corrected chi connectivity index (χ0v) is 10.8. The Morgan fingerprint density at radius 1 is 0.947 bits per heavy atom. The first kappa shape index (κ1) is 11.9. The van der Waals surface area contributed by atoms with Gasteiger partial charge < -0.3 is 5.73 Å². The number of hydrogen-bond acceptors (Lipinski definition) is 3. The molecule has 0 amide bonds. The lowest BCUT2D eigenvalue weighted by Crippen LogP contribution is -1.86. The molecule has 0 aliphatic heterocycles. The topological polar surface area (TPSA) is 38.9 Å². The van der Waals surface area contributed by atoms with Crippen LogP contribution in [0.15, 0.2) is 54.6 Å². The van der Waals surface area contributed by atoms with Crippen molar-refractivity contribution in [1.82, 2.24) is 4.98 Å². The number of anilines is 1. The van der Waals surface area contributed by atoms with Crippen LogP contribution in [-0.2, 0) is 0 Å². The number of nitrogens with zero attached hydrogens (tertiary/aromatic N) is 1. The second kappa shape index (κ2) is 4.82. The van der Waals surface area contributed by atoms with E-state index in [2.05, 4.69) is 4.98 Å². The molecule has 0 saturated heterocycles. The maximum atomic E-state index is 13.2. The van der Waals surface area contributed by atoms with Crippen LogP contribution in [0.1, 0.15) is 0 Å². The van der Waals surface area contributed by atoms with Crippen molar-refractivity contribution < 1.29 is 4.39 Å². The van der Waals surface area contributed by atoms with Gasteiger partial charge in [-0.05, 0) is 12.1 Å². The van der Waals surface area contributed by atoms with Gasteiger partial charge in [0.15, 0.2) is 0 Å². The van der Waals surface area contributed by atoms with Crippen LogP contribution in [0, 0.1) is 5.82 Å². The maximum Gasteiger partial charge on any atom is 0.126 e. The SMILES string of the molecule is Nc1sc(-c2ccccc2)nc1-c1cccc(F)c1. The summed E-state index contributed by atoms with van der Waals surface area (Å²) in [7, 11) is 0. The molecule has 3 rings (SSSR count). The molecule has 2 N–H and O–H groups in total. The van der Waals surface area contributed by atoms with E-state index in [-0.39, 0.29) is 5.82 Å². The van der Waals surface area contributed by atoms with E-state index in [1.165, 1.54) is 23.5 Å². The van der Waals surface area contributed by atoms with E-state index in [9.17, 15) is 4.39 Å². The fourth-order valence-corrected chi connectivity index (χ4v) is 2.74. The first-order chi connectivity index (χ1) is 9.24. The van der Waals surface area contributed by atoms with Crippen LogP contribution in [0.3, 0.4) is 0 Å². The van der Waals surface area contributed by atoms with E-state index in [1.807, 2.05) is 36.4 Å². The molecule has 0 radical (unpaired) electrons. The third-order valence-electron chi connectivity index (χ3n) is 2.77. The molecule has 0 spiro atoms. The molecule has 94 valence electrons. The monoisotopic (exact) mass is 270 g/mol. The summed E-state index contributed by atoms with van der Waals surface area (Å²) >= 11 is 1.41. The molecule has 0 fully saturated rings. The van der Waals surface area contributed by atoms with Crippen molar-refractivity contribution in [3.05, 3.63) is 60.4 Å². The number of aromatic nitrogens is 1. The average Bonchev–Trinajstić information content (AvgIpc) is 2.82. The summed E-state index contributed by atoms with van der Waals surface area (Å²) in [6.07, 6.45) is 0. The largest absolute Gasteiger partial charge is 0.389 e. The fourth-order valence-electron chi connectivity index (χ4n) is 1.88. The minimum absolute atomic E-state index is 0.286. The van der Waals surface area contributed by atoms with Gasteiger partial charge in [0, 0.05) is 11.1 Å². The van der Waals surface area contributed by atoms with Crippen LogP contribution >= 0.6 is 11.3 Å². The summed E-state index contributed by atoms with van der Waals surface area (Å²) < 4.78 is 13.2. The minimum Gasteiger partial charge on any atom is -0.389 e. The molecule has 0 unspecified atom stereocenters. The van der Waals surface area contributed by atoms with Gasteiger partial charge in [0.25, 0.3) is 0 Å². The van der Waals surface area contributed by atoms with Crippen LogP contribution in [-0.4, -0.2) is 4.98 Å². The predicted octanol–water partition coefficient (Wildman–Crippen LogP) is 4.20. The van der Waals surface area contributed by atoms with Crippen LogP contribution in [0.4, 0.5) is 9.39 Å². The van der Waals surface area contributed by atoms with Gasteiger partial charge in [-0.2, -0.15) is 0 Å². The molecule has 19 heavy (non-hydrogen) atoms. The van der Waals surface area contributed by atoms with Crippen LogP contribution in [0.2, 0.25) is 0 Å². The molecular weight excluding hydrogens is 259 g/mol. The lowest BCUT2D eigenvalue weighted by atomic mass is 10.1.